The van der Waals surface area contributed by atoms with Crippen LogP contribution in [-0.2, 0) is 6.54 Å². The number of hydrogen-bond acceptors (Lipinski definition) is 9. The van der Waals surface area contributed by atoms with Gasteiger partial charge in [-0.3, -0.25) is 4.79 Å². The normalized spacial score (nSPS) is 11.1. The molecule has 3 heterocycles. The Morgan fingerprint density at radius 2 is 1.39 bits per heavy atom. The van der Waals surface area contributed by atoms with Crippen LogP contribution in [-0.4, -0.2) is 51.1 Å². The Bertz CT molecular complexity index is 2050. The summed E-state index contributed by atoms with van der Waals surface area (Å²) in [7, 11) is 6.46. The zero-order valence-corrected chi connectivity index (χ0v) is 28.4. The lowest BCUT2D eigenvalue weighted by molar-refractivity contribution is 0.0946. The molecule has 1 N–H and O–H groups in total. The quantitative estimate of drug-likeness (QED) is 0.174. The maximum atomic E-state index is 12.5. The van der Waals surface area contributed by atoms with Crippen molar-refractivity contribution in [3.05, 3.63) is 108 Å². The molecule has 7 rings (SSSR count). The van der Waals surface area contributed by atoms with Gasteiger partial charge in [0.15, 0.2) is 23.0 Å². The van der Waals surface area contributed by atoms with Gasteiger partial charge >= 0.3 is 0 Å². The highest BCUT2D eigenvalue weighted by molar-refractivity contribution is 5.97. The molecule has 0 bridgehead atoms. The minimum Gasteiger partial charge on any atom is -0.496 e. The van der Waals surface area contributed by atoms with E-state index in [1.165, 1.54) is 0 Å². The number of para-hydroxylation sites is 1. The summed E-state index contributed by atoms with van der Waals surface area (Å²) in [6.07, 6.45) is 0. The molecule has 0 radical (unpaired) electrons. The predicted molar refractivity (Wildman–Crippen MR) is 190 cm³/mol. The Morgan fingerprint density at radius 1 is 0.694 bits per heavy atom. The first-order valence-electron chi connectivity index (χ1n) is 15.8. The molecule has 0 saturated heterocycles. The highest BCUT2D eigenvalue weighted by Crippen LogP contribution is 2.40. The Hall–Kier alpha value is -6.03. The molecule has 0 fully saturated rings. The number of hydrogen-bond donors (Lipinski definition) is 1. The fourth-order valence-corrected chi connectivity index (χ4v) is 5.25. The second-order valence-electron chi connectivity index (χ2n) is 10.4. The van der Waals surface area contributed by atoms with Gasteiger partial charge in [-0.15, -0.1) is 0 Å². The summed E-state index contributed by atoms with van der Waals surface area (Å²) in [5, 5.41) is 4.63. The lowest BCUT2D eigenvalue weighted by atomic mass is 10.1. The number of nitrogens with one attached hydrogen (secondary N) is 1. The number of benzene rings is 4. The first-order valence-corrected chi connectivity index (χ1v) is 15.8. The van der Waals surface area contributed by atoms with Crippen molar-refractivity contribution in [2.45, 2.75) is 20.4 Å². The van der Waals surface area contributed by atoms with Crippen LogP contribution in [0.3, 0.4) is 0 Å². The molecular formula is C39H39N3O7. The van der Waals surface area contributed by atoms with Crippen molar-refractivity contribution in [1.29, 1.82) is 0 Å². The van der Waals surface area contributed by atoms with Gasteiger partial charge in [0, 0.05) is 35.0 Å². The number of amides is 1. The summed E-state index contributed by atoms with van der Waals surface area (Å²) in [5.74, 6) is 3.78. The van der Waals surface area contributed by atoms with Gasteiger partial charge in [0.25, 0.3) is 5.91 Å². The van der Waals surface area contributed by atoms with Crippen molar-refractivity contribution in [3.8, 4) is 45.8 Å². The number of ether oxygens (including phenoxy) is 6. The first-order chi connectivity index (χ1) is 24.0. The van der Waals surface area contributed by atoms with Crippen LogP contribution in [0.4, 0.5) is 0 Å². The SMILES string of the molecule is CC.COc1cc(C(=O)NCc2ccc3c(c2)OCO3)nc2ccccc12.COc1ccc2c(OC)cc(-c3ccccc3)nc2c1OC. The van der Waals surface area contributed by atoms with Gasteiger partial charge in [-0.1, -0.05) is 62.4 Å². The van der Waals surface area contributed by atoms with Gasteiger partial charge in [0.05, 0.1) is 39.6 Å². The van der Waals surface area contributed by atoms with E-state index in [1.807, 2.05) is 105 Å². The zero-order valence-electron chi connectivity index (χ0n) is 28.4. The third-order valence-corrected chi connectivity index (χ3v) is 7.60. The molecule has 49 heavy (non-hydrogen) atoms. The van der Waals surface area contributed by atoms with Crippen LogP contribution in [0.5, 0.6) is 34.5 Å². The Labute approximate surface area is 285 Å². The molecule has 1 aliphatic heterocycles. The summed E-state index contributed by atoms with van der Waals surface area (Å²) < 4.78 is 32.4. The van der Waals surface area contributed by atoms with Gasteiger partial charge < -0.3 is 33.7 Å². The number of aromatic nitrogens is 2. The van der Waals surface area contributed by atoms with Crippen LogP contribution in [0, 0.1) is 0 Å². The van der Waals surface area contributed by atoms with Gasteiger partial charge in [-0.2, -0.15) is 0 Å². The van der Waals surface area contributed by atoms with E-state index in [-0.39, 0.29) is 12.7 Å². The number of carbonyl (C=O) groups is 1. The molecule has 6 aromatic rings. The summed E-state index contributed by atoms with van der Waals surface area (Å²) in [6.45, 7) is 4.60. The maximum absolute atomic E-state index is 12.5. The average Bonchev–Trinajstić information content (AvgIpc) is 3.65. The molecule has 0 aliphatic carbocycles. The van der Waals surface area contributed by atoms with Crippen LogP contribution in [0.2, 0.25) is 0 Å². The molecule has 0 atom stereocenters. The van der Waals surface area contributed by atoms with Crippen LogP contribution in [0.15, 0.2) is 97.1 Å². The lowest BCUT2D eigenvalue weighted by Crippen LogP contribution is -2.23. The van der Waals surface area contributed by atoms with Crippen molar-refractivity contribution >= 4 is 27.7 Å². The highest BCUT2D eigenvalue weighted by atomic mass is 16.7. The lowest BCUT2D eigenvalue weighted by Gasteiger charge is -2.14. The number of carbonyl (C=O) groups excluding carboxylic acids is 1. The fraction of sp³-hybridized carbons (Fsp3) is 0.205. The molecule has 0 spiro atoms. The molecule has 4 aromatic carbocycles. The van der Waals surface area contributed by atoms with Gasteiger partial charge in [-0.05, 0) is 42.0 Å². The minimum absolute atomic E-state index is 0.228. The summed E-state index contributed by atoms with van der Waals surface area (Å²) in [6, 6.07) is 30.5. The van der Waals surface area contributed by atoms with E-state index >= 15 is 0 Å². The molecule has 2 aromatic heterocycles. The molecule has 10 nitrogen and oxygen atoms in total. The molecule has 1 amide bonds. The van der Waals surface area contributed by atoms with Crippen molar-refractivity contribution in [2.24, 2.45) is 0 Å². The third kappa shape index (κ3) is 7.59. The molecule has 1 aliphatic rings. The van der Waals surface area contributed by atoms with Crippen molar-refractivity contribution in [1.82, 2.24) is 15.3 Å². The smallest absolute Gasteiger partial charge is 0.270 e. The van der Waals surface area contributed by atoms with Crippen molar-refractivity contribution in [3.63, 3.8) is 0 Å². The molecule has 10 heteroatoms. The zero-order chi connectivity index (χ0) is 34.8. The second-order valence-corrected chi connectivity index (χ2v) is 10.4. The van der Waals surface area contributed by atoms with Crippen LogP contribution < -0.4 is 33.7 Å². The number of nitrogens with zero attached hydrogens (tertiary/aromatic N) is 2. The van der Waals surface area contributed by atoms with E-state index in [2.05, 4.69) is 10.3 Å². The van der Waals surface area contributed by atoms with Gasteiger partial charge in [-0.25, -0.2) is 9.97 Å². The van der Waals surface area contributed by atoms with E-state index < -0.39 is 0 Å². The maximum Gasteiger partial charge on any atom is 0.270 e. The third-order valence-electron chi connectivity index (χ3n) is 7.60. The highest BCUT2D eigenvalue weighted by Gasteiger charge is 2.17. The standard InChI is InChI=1S/C19H16N2O4.C18H17NO3.C2H6/c1-23-17-9-15(21-14-5-3-2-4-13(14)17)19(22)20-10-12-6-7-16-18(8-12)25-11-24-16;1-20-15-10-9-13-16(21-2)11-14(12-7-5-4-6-8-12)19-17(13)18(15)22-3;1-2/h2-9H,10-11H2,1H3,(H,20,22);4-11H,1-3H3;1-2H3. The number of methoxy groups -OCH3 is 4. The fourth-order valence-electron chi connectivity index (χ4n) is 5.25. The first kappa shape index (κ1) is 34.3. The van der Waals surface area contributed by atoms with Crippen LogP contribution in [0.25, 0.3) is 33.1 Å². The topological polar surface area (TPSA) is 110 Å². The molecule has 0 saturated carbocycles. The van der Waals surface area contributed by atoms with Crippen LogP contribution >= 0.6 is 0 Å². The molecule has 252 valence electrons. The predicted octanol–water partition coefficient (Wildman–Crippen LogP) is 7.86. The molecular weight excluding hydrogens is 622 g/mol. The number of pyridine rings is 2. The molecule has 0 unspecified atom stereocenters. The van der Waals surface area contributed by atoms with E-state index in [4.69, 9.17) is 33.4 Å². The average molecular weight is 662 g/mol. The number of fused-ring (bicyclic) bond motifs is 3. The summed E-state index contributed by atoms with van der Waals surface area (Å²) in [4.78, 5) is 21.6. The van der Waals surface area contributed by atoms with Gasteiger partial charge in [0.2, 0.25) is 6.79 Å². The van der Waals surface area contributed by atoms with E-state index in [0.29, 0.717) is 35.2 Å². The van der Waals surface area contributed by atoms with Crippen LogP contribution in [0.1, 0.15) is 29.9 Å². The van der Waals surface area contributed by atoms with Crippen molar-refractivity contribution < 1.29 is 33.2 Å². The summed E-state index contributed by atoms with van der Waals surface area (Å²) in [5.41, 5.74) is 4.53. The Kier molecular flexibility index (Phi) is 11.3. The van der Waals surface area contributed by atoms with E-state index in [0.717, 1.165) is 50.1 Å². The Morgan fingerprint density at radius 3 is 2.12 bits per heavy atom. The monoisotopic (exact) mass is 661 g/mol. The van der Waals surface area contributed by atoms with Gasteiger partial charge in [0.1, 0.15) is 22.7 Å². The number of rotatable bonds is 8. The van der Waals surface area contributed by atoms with Crippen molar-refractivity contribution in [2.75, 3.05) is 35.2 Å². The minimum atomic E-state index is -0.262. The summed E-state index contributed by atoms with van der Waals surface area (Å²) >= 11 is 0. The Balaban J connectivity index is 0.000000183. The van der Waals surface area contributed by atoms with E-state index in [1.54, 1.807) is 34.5 Å². The van der Waals surface area contributed by atoms with E-state index in [9.17, 15) is 4.79 Å². The largest absolute Gasteiger partial charge is 0.496 e. The second kappa shape index (κ2) is 16.2.